The maximum atomic E-state index is 4.78. The van der Waals surface area contributed by atoms with Crippen LogP contribution in [0.3, 0.4) is 0 Å². The maximum Gasteiger partial charge on any atom is 0.0523 e. The maximum absolute atomic E-state index is 4.78. The van der Waals surface area contributed by atoms with Crippen LogP contribution >= 0.6 is 9.58 Å². The minimum Gasteiger partial charge on any atom is -0.296 e. The number of rotatable bonds is 3. The van der Waals surface area contributed by atoms with Crippen LogP contribution in [0, 0.1) is 43.1 Å². The van der Waals surface area contributed by atoms with Crippen LogP contribution in [0.5, 0.6) is 0 Å². The summed E-state index contributed by atoms with van der Waals surface area (Å²) in [5.41, 5.74) is 3.99. The van der Waals surface area contributed by atoms with Crippen LogP contribution in [-0.2, 0) is 17.9 Å². The average Bonchev–Trinajstić information content (AvgIpc) is 3.03. The molecule has 1 fully saturated rings. The van der Waals surface area contributed by atoms with Crippen LogP contribution < -0.4 is 0 Å². The van der Waals surface area contributed by atoms with Gasteiger partial charge in [0.25, 0.3) is 0 Å². The van der Waals surface area contributed by atoms with Crippen molar-refractivity contribution in [3.8, 4) is 0 Å². The van der Waals surface area contributed by atoms with Crippen LogP contribution in [0.4, 0.5) is 5.69 Å². The molecule has 33 heavy (non-hydrogen) atoms. The molecule has 1 aliphatic carbocycles. The minimum absolute atomic E-state index is 0. The minimum atomic E-state index is 0. The second-order valence-corrected chi connectivity index (χ2v) is 8.73. The summed E-state index contributed by atoms with van der Waals surface area (Å²) in [7, 11) is 4.64. The monoisotopic (exact) mass is 639 g/mol. The van der Waals surface area contributed by atoms with Gasteiger partial charge in [-0.05, 0) is 53.0 Å². The molecule has 3 aromatic carbocycles. The molecule has 3 aromatic rings. The SMILES string of the molecule is CC1C(C)C(C)C(C)C1C.[CH3-].[Cl][Ir+2].[c-]1ccccc1C(=Nc1ccccc1)c1ccccc1. The molecule has 0 aromatic heterocycles. The van der Waals surface area contributed by atoms with Crippen LogP contribution in [0.25, 0.3) is 0 Å². The van der Waals surface area contributed by atoms with Gasteiger partial charge in [0.2, 0.25) is 0 Å². The van der Waals surface area contributed by atoms with Crippen molar-refractivity contribution < 1.29 is 17.9 Å². The van der Waals surface area contributed by atoms with Gasteiger partial charge in [0, 0.05) is 0 Å². The van der Waals surface area contributed by atoms with Gasteiger partial charge in [-0.1, -0.05) is 83.1 Å². The number of nitrogens with zero attached hydrogens (tertiary/aromatic N) is 1. The standard InChI is InChI=1S/C19H14N.C10H20.CH3.ClH.Ir/c1-4-10-16(11-5-1)19(17-12-6-2-7-13-17)20-18-14-8-3-9-15-18;1-6-7(2)9(4)10(5)8(6)3;;;/h1-12,14-15H;6-10H,1-5H3;1H3;1H;/q-1;;-1;;+3/p-1. The summed E-state index contributed by atoms with van der Waals surface area (Å²) in [6.45, 7) is 12.0. The van der Waals surface area contributed by atoms with Crippen molar-refractivity contribution in [3.05, 3.63) is 110 Å². The van der Waals surface area contributed by atoms with E-state index in [2.05, 4.69) is 62.4 Å². The largest absolute Gasteiger partial charge is 0.296 e. The first kappa shape index (κ1) is 29.3. The average molecular weight is 639 g/mol. The van der Waals surface area contributed by atoms with Crippen molar-refractivity contribution >= 4 is 21.0 Å². The fraction of sp³-hybridized carbons (Fsp3) is 0.333. The second-order valence-electron chi connectivity index (χ2n) is 8.73. The topological polar surface area (TPSA) is 12.4 Å². The van der Waals surface area contributed by atoms with Gasteiger partial charge in [-0.3, -0.25) is 4.99 Å². The molecule has 1 nitrogen and oxygen atoms in total. The van der Waals surface area contributed by atoms with Crippen molar-refractivity contribution in [3.63, 3.8) is 0 Å². The quantitative estimate of drug-likeness (QED) is 0.201. The summed E-state index contributed by atoms with van der Waals surface area (Å²) in [4.78, 5) is 4.78. The van der Waals surface area contributed by atoms with Crippen LogP contribution in [-0.4, -0.2) is 5.71 Å². The molecule has 0 radical (unpaired) electrons. The van der Waals surface area contributed by atoms with Crippen LogP contribution in [0.15, 0.2) is 89.9 Å². The number of hydrogen-bond donors (Lipinski definition) is 0. The van der Waals surface area contributed by atoms with Crippen molar-refractivity contribution in [1.29, 1.82) is 0 Å². The molecular weight excluding hydrogens is 602 g/mol. The Balaban J connectivity index is 0.000000356. The number of benzene rings is 3. The Bertz CT molecular complexity index is 841. The smallest absolute Gasteiger partial charge is 0.0523 e. The van der Waals surface area contributed by atoms with E-state index >= 15 is 0 Å². The van der Waals surface area contributed by atoms with E-state index in [9.17, 15) is 0 Å². The molecule has 0 unspecified atom stereocenters. The fourth-order valence-corrected chi connectivity index (χ4v) is 4.44. The molecule has 0 bridgehead atoms. The molecular formula is C30H37ClIrN. The summed E-state index contributed by atoms with van der Waals surface area (Å²) >= 11 is 1.47. The predicted molar refractivity (Wildman–Crippen MR) is 142 cm³/mol. The Morgan fingerprint density at radius 2 is 1.09 bits per heavy atom. The van der Waals surface area contributed by atoms with Gasteiger partial charge in [0.1, 0.15) is 0 Å². The number of halogens is 1. The van der Waals surface area contributed by atoms with Gasteiger partial charge >= 0.3 is 27.5 Å². The fourth-order valence-electron chi connectivity index (χ4n) is 4.44. The number of para-hydroxylation sites is 1. The molecule has 0 atom stereocenters. The zero-order valence-electron chi connectivity index (χ0n) is 20.6. The molecule has 0 saturated heterocycles. The molecule has 178 valence electrons. The first-order valence-electron chi connectivity index (χ1n) is 11.3. The van der Waals surface area contributed by atoms with E-state index in [4.69, 9.17) is 4.99 Å². The van der Waals surface area contributed by atoms with Gasteiger partial charge in [-0.25, -0.2) is 0 Å². The normalized spacial score (nSPS) is 23.8. The Morgan fingerprint density at radius 3 is 1.52 bits per heavy atom. The van der Waals surface area contributed by atoms with Crippen molar-refractivity contribution in [2.24, 2.45) is 34.6 Å². The van der Waals surface area contributed by atoms with Crippen molar-refractivity contribution in [2.75, 3.05) is 0 Å². The molecule has 1 saturated carbocycles. The molecule has 0 N–H and O–H groups in total. The molecule has 0 aliphatic heterocycles. The zero-order chi connectivity index (χ0) is 23.5. The zero-order valence-corrected chi connectivity index (χ0v) is 23.8. The van der Waals surface area contributed by atoms with Gasteiger partial charge in [-0.2, -0.15) is 0 Å². The van der Waals surface area contributed by atoms with E-state index in [1.807, 2.05) is 72.8 Å². The summed E-state index contributed by atoms with van der Waals surface area (Å²) in [5.74, 6) is 4.68. The van der Waals surface area contributed by atoms with Crippen molar-refractivity contribution in [1.82, 2.24) is 0 Å². The predicted octanol–water partition coefficient (Wildman–Crippen LogP) is 8.97. The molecule has 0 amide bonds. The number of aliphatic imine (C=N–C) groups is 1. The van der Waals surface area contributed by atoms with E-state index in [0.29, 0.717) is 0 Å². The third-order valence-corrected chi connectivity index (χ3v) is 7.16. The Labute approximate surface area is 216 Å². The van der Waals surface area contributed by atoms with Gasteiger partial charge in [0.15, 0.2) is 0 Å². The summed E-state index contributed by atoms with van der Waals surface area (Å²) < 4.78 is 0. The molecule has 0 spiro atoms. The molecule has 4 rings (SSSR count). The van der Waals surface area contributed by atoms with Crippen LogP contribution in [0.2, 0.25) is 0 Å². The first-order valence-corrected chi connectivity index (χ1v) is 14.2. The van der Waals surface area contributed by atoms with Gasteiger partial charge < -0.3 is 7.43 Å². The van der Waals surface area contributed by atoms with E-state index in [1.165, 1.54) is 17.9 Å². The van der Waals surface area contributed by atoms with Gasteiger partial charge in [-0.15, -0.1) is 35.9 Å². The third kappa shape index (κ3) is 8.21. The summed E-state index contributed by atoms with van der Waals surface area (Å²) in [6.07, 6.45) is 0. The number of hydrogen-bond acceptors (Lipinski definition) is 1. The second kappa shape index (κ2) is 15.2. The Hall–Kier alpha value is -1.73. The Morgan fingerprint density at radius 1 is 0.667 bits per heavy atom. The van der Waals surface area contributed by atoms with Crippen LogP contribution in [0.1, 0.15) is 45.7 Å². The summed E-state index contributed by atoms with van der Waals surface area (Å²) in [6, 6.07) is 31.4. The molecule has 3 heteroatoms. The molecule has 1 aliphatic rings. The van der Waals surface area contributed by atoms with E-state index in [1.54, 1.807) is 0 Å². The van der Waals surface area contributed by atoms with E-state index < -0.39 is 0 Å². The third-order valence-electron chi connectivity index (χ3n) is 7.16. The van der Waals surface area contributed by atoms with E-state index in [0.717, 1.165) is 52.1 Å². The van der Waals surface area contributed by atoms with E-state index in [-0.39, 0.29) is 7.43 Å². The van der Waals surface area contributed by atoms with Crippen molar-refractivity contribution in [2.45, 2.75) is 34.6 Å². The summed E-state index contributed by atoms with van der Waals surface area (Å²) in [5, 5.41) is 0. The molecule has 0 heterocycles. The Kier molecular flexibility index (Phi) is 13.5. The first-order chi connectivity index (χ1) is 15.5. The van der Waals surface area contributed by atoms with Gasteiger partial charge in [0.05, 0.1) is 5.69 Å².